The summed E-state index contributed by atoms with van der Waals surface area (Å²) in [6, 6.07) is 16.1. The molecule has 3 nitrogen and oxygen atoms in total. The molecule has 1 aliphatic rings. The largest absolute Gasteiger partial charge is 0.372 e. The Morgan fingerprint density at radius 1 is 1.20 bits per heavy atom. The summed E-state index contributed by atoms with van der Waals surface area (Å²) in [4.78, 5) is 0. The fourth-order valence-corrected chi connectivity index (χ4v) is 2.77. The molecule has 1 heterocycles. The average molecular weight is 264 g/mol. The van der Waals surface area contributed by atoms with Gasteiger partial charge < -0.3 is 10.5 Å². The summed E-state index contributed by atoms with van der Waals surface area (Å²) in [5.74, 6) is 0. The first-order valence-corrected chi connectivity index (χ1v) is 6.77. The van der Waals surface area contributed by atoms with Crippen LogP contribution in [0.3, 0.4) is 0 Å². The smallest absolute Gasteiger partial charge is 0.0991 e. The van der Waals surface area contributed by atoms with Crippen LogP contribution in [0.4, 0.5) is 0 Å². The SMILES string of the molecule is N#Cc1ccc(-c2cccc3c2CCOC3CN)cc1. The fraction of sp³-hybridized carbons (Fsp3) is 0.235. The summed E-state index contributed by atoms with van der Waals surface area (Å²) in [7, 11) is 0. The number of benzene rings is 2. The van der Waals surface area contributed by atoms with Crippen molar-refractivity contribution in [3.8, 4) is 17.2 Å². The van der Waals surface area contributed by atoms with Crippen molar-refractivity contribution in [1.82, 2.24) is 0 Å². The van der Waals surface area contributed by atoms with Crippen LogP contribution >= 0.6 is 0 Å². The Balaban J connectivity index is 2.08. The second kappa shape index (κ2) is 5.46. The van der Waals surface area contributed by atoms with Crippen molar-refractivity contribution >= 4 is 0 Å². The average Bonchev–Trinajstić information content (AvgIpc) is 2.54. The van der Waals surface area contributed by atoms with E-state index in [0.717, 1.165) is 12.0 Å². The lowest BCUT2D eigenvalue weighted by atomic mass is 9.89. The quantitative estimate of drug-likeness (QED) is 0.907. The van der Waals surface area contributed by atoms with Gasteiger partial charge in [0.15, 0.2) is 0 Å². The van der Waals surface area contributed by atoms with Crippen LogP contribution in [0.1, 0.15) is 22.8 Å². The summed E-state index contributed by atoms with van der Waals surface area (Å²) in [6.07, 6.45) is 0.902. The first kappa shape index (κ1) is 12.9. The highest BCUT2D eigenvalue weighted by Crippen LogP contribution is 2.34. The van der Waals surface area contributed by atoms with Crippen molar-refractivity contribution < 1.29 is 4.74 Å². The van der Waals surface area contributed by atoms with Gasteiger partial charge in [-0.3, -0.25) is 0 Å². The van der Waals surface area contributed by atoms with Gasteiger partial charge >= 0.3 is 0 Å². The van der Waals surface area contributed by atoms with Gasteiger partial charge in [0.2, 0.25) is 0 Å². The highest BCUT2D eigenvalue weighted by atomic mass is 16.5. The Labute approximate surface area is 118 Å². The van der Waals surface area contributed by atoms with Crippen LogP contribution in [0, 0.1) is 11.3 Å². The molecule has 0 amide bonds. The van der Waals surface area contributed by atoms with Crippen molar-refractivity contribution in [2.75, 3.05) is 13.2 Å². The zero-order valence-electron chi connectivity index (χ0n) is 11.2. The minimum absolute atomic E-state index is 0.00270. The van der Waals surface area contributed by atoms with Gasteiger partial charge in [-0.25, -0.2) is 0 Å². The molecule has 0 saturated carbocycles. The van der Waals surface area contributed by atoms with Crippen LogP contribution in [-0.2, 0) is 11.2 Å². The second-order valence-electron chi connectivity index (χ2n) is 4.91. The monoisotopic (exact) mass is 264 g/mol. The third-order valence-corrected chi connectivity index (χ3v) is 3.77. The maximum Gasteiger partial charge on any atom is 0.0991 e. The molecule has 3 heteroatoms. The van der Waals surface area contributed by atoms with E-state index in [0.29, 0.717) is 18.7 Å². The standard InChI is InChI=1S/C17H16N2O/c18-10-12-4-6-13(7-5-12)14-2-1-3-16-15(14)8-9-20-17(16)11-19/h1-7,17H,8-9,11,19H2. The van der Waals surface area contributed by atoms with Crippen LogP contribution in [0.2, 0.25) is 0 Å². The molecule has 2 aromatic carbocycles. The molecule has 0 aromatic heterocycles. The lowest BCUT2D eigenvalue weighted by molar-refractivity contribution is 0.0486. The number of ether oxygens (including phenoxy) is 1. The Hall–Kier alpha value is -2.15. The van der Waals surface area contributed by atoms with Crippen LogP contribution in [-0.4, -0.2) is 13.2 Å². The molecule has 1 unspecified atom stereocenters. The van der Waals surface area contributed by atoms with E-state index in [2.05, 4.69) is 18.2 Å². The van der Waals surface area contributed by atoms with E-state index in [9.17, 15) is 0 Å². The molecular weight excluding hydrogens is 248 g/mol. The number of nitriles is 1. The molecule has 0 fully saturated rings. The summed E-state index contributed by atoms with van der Waals surface area (Å²) >= 11 is 0. The van der Waals surface area contributed by atoms with Crippen LogP contribution < -0.4 is 5.73 Å². The lowest BCUT2D eigenvalue weighted by Gasteiger charge is -2.27. The molecule has 1 atom stereocenters. The molecular formula is C17H16N2O. The highest BCUT2D eigenvalue weighted by Gasteiger charge is 2.21. The number of nitrogens with two attached hydrogens (primary N) is 1. The third-order valence-electron chi connectivity index (χ3n) is 3.77. The van der Waals surface area contributed by atoms with Crippen LogP contribution in [0.5, 0.6) is 0 Å². The number of hydrogen-bond donors (Lipinski definition) is 1. The number of hydrogen-bond acceptors (Lipinski definition) is 3. The van der Waals surface area contributed by atoms with Crippen molar-refractivity contribution in [2.24, 2.45) is 5.73 Å². The zero-order valence-corrected chi connectivity index (χ0v) is 11.2. The molecule has 0 bridgehead atoms. The number of rotatable bonds is 2. The van der Waals surface area contributed by atoms with E-state index in [1.807, 2.05) is 30.3 Å². The van der Waals surface area contributed by atoms with Crippen molar-refractivity contribution in [3.63, 3.8) is 0 Å². The first-order chi connectivity index (χ1) is 9.83. The van der Waals surface area contributed by atoms with Gasteiger partial charge in [-0.15, -0.1) is 0 Å². The highest BCUT2D eigenvalue weighted by molar-refractivity contribution is 5.70. The fourth-order valence-electron chi connectivity index (χ4n) is 2.77. The van der Waals surface area contributed by atoms with Crippen molar-refractivity contribution in [1.29, 1.82) is 5.26 Å². The summed E-state index contributed by atoms with van der Waals surface area (Å²) in [6.45, 7) is 1.21. The Kier molecular flexibility index (Phi) is 3.51. The normalized spacial score (nSPS) is 17.3. The molecule has 3 rings (SSSR count). The topological polar surface area (TPSA) is 59.0 Å². The molecule has 1 aliphatic heterocycles. The summed E-state index contributed by atoms with van der Waals surface area (Å²) in [5.41, 5.74) is 11.3. The van der Waals surface area contributed by atoms with Gasteiger partial charge in [0.25, 0.3) is 0 Å². The third kappa shape index (κ3) is 2.20. The molecule has 100 valence electrons. The molecule has 0 spiro atoms. The molecule has 20 heavy (non-hydrogen) atoms. The van der Waals surface area contributed by atoms with E-state index in [1.54, 1.807) is 0 Å². The predicted molar refractivity (Wildman–Crippen MR) is 78.0 cm³/mol. The van der Waals surface area contributed by atoms with E-state index >= 15 is 0 Å². The van der Waals surface area contributed by atoms with Gasteiger partial charge in [0.1, 0.15) is 0 Å². The number of nitrogens with zero attached hydrogens (tertiary/aromatic N) is 1. The molecule has 2 N–H and O–H groups in total. The first-order valence-electron chi connectivity index (χ1n) is 6.77. The Morgan fingerprint density at radius 2 is 2.00 bits per heavy atom. The van der Waals surface area contributed by atoms with E-state index in [-0.39, 0.29) is 6.10 Å². The number of fused-ring (bicyclic) bond motifs is 1. The van der Waals surface area contributed by atoms with Crippen LogP contribution in [0.15, 0.2) is 42.5 Å². The Morgan fingerprint density at radius 3 is 2.70 bits per heavy atom. The molecule has 2 aromatic rings. The second-order valence-corrected chi connectivity index (χ2v) is 4.91. The molecule has 0 saturated heterocycles. The van der Waals surface area contributed by atoms with Gasteiger partial charge in [0.05, 0.1) is 24.3 Å². The maximum absolute atomic E-state index is 8.88. The van der Waals surface area contributed by atoms with Gasteiger partial charge in [0, 0.05) is 6.54 Å². The van der Waals surface area contributed by atoms with E-state index < -0.39 is 0 Å². The molecule has 0 aliphatic carbocycles. The van der Waals surface area contributed by atoms with Crippen molar-refractivity contribution in [2.45, 2.75) is 12.5 Å². The molecule has 0 radical (unpaired) electrons. The zero-order chi connectivity index (χ0) is 13.9. The maximum atomic E-state index is 8.88. The summed E-state index contributed by atoms with van der Waals surface area (Å²) in [5, 5.41) is 8.88. The summed E-state index contributed by atoms with van der Waals surface area (Å²) < 4.78 is 5.71. The van der Waals surface area contributed by atoms with Gasteiger partial charge in [-0.1, -0.05) is 30.3 Å². The van der Waals surface area contributed by atoms with Crippen molar-refractivity contribution in [3.05, 3.63) is 59.2 Å². The van der Waals surface area contributed by atoms with Gasteiger partial charge in [-0.2, -0.15) is 5.26 Å². The Bertz CT molecular complexity index is 656. The van der Waals surface area contributed by atoms with E-state index in [1.165, 1.54) is 16.7 Å². The van der Waals surface area contributed by atoms with Crippen LogP contribution in [0.25, 0.3) is 11.1 Å². The minimum Gasteiger partial charge on any atom is -0.372 e. The predicted octanol–water partition coefficient (Wildman–Crippen LogP) is 2.80. The minimum atomic E-state index is -0.00270. The van der Waals surface area contributed by atoms with Gasteiger partial charge in [-0.05, 0) is 40.8 Å². The van der Waals surface area contributed by atoms with E-state index in [4.69, 9.17) is 15.7 Å². The lowest BCUT2D eigenvalue weighted by Crippen LogP contribution is -2.23.